The van der Waals surface area contributed by atoms with Crippen LogP contribution in [0.3, 0.4) is 0 Å². The minimum absolute atomic E-state index is 0.144. The van der Waals surface area contributed by atoms with E-state index in [1.807, 2.05) is 0 Å². The molecular formula is C9H11N3OS. The van der Waals surface area contributed by atoms with Crippen LogP contribution in [0.4, 0.5) is 5.13 Å². The van der Waals surface area contributed by atoms with Crippen LogP contribution in [-0.4, -0.2) is 10.9 Å². The zero-order valence-corrected chi connectivity index (χ0v) is 8.49. The average Bonchev–Trinajstić information content (AvgIpc) is 2.80. The highest BCUT2D eigenvalue weighted by Crippen LogP contribution is 2.32. The molecule has 1 aliphatic carbocycles. The molecular weight excluding hydrogens is 198 g/mol. The van der Waals surface area contributed by atoms with Gasteiger partial charge in [-0.25, -0.2) is 4.98 Å². The van der Waals surface area contributed by atoms with Crippen molar-refractivity contribution in [1.29, 1.82) is 0 Å². The van der Waals surface area contributed by atoms with Gasteiger partial charge in [-0.05, 0) is 12.8 Å². The van der Waals surface area contributed by atoms with Crippen LogP contribution < -0.4 is 10.6 Å². The van der Waals surface area contributed by atoms with E-state index in [1.54, 1.807) is 11.3 Å². The number of fused-ring (bicyclic) bond motifs is 1. The summed E-state index contributed by atoms with van der Waals surface area (Å²) in [5.41, 5.74) is 1.10. The van der Waals surface area contributed by atoms with Gasteiger partial charge in [0.25, 0.3) is 0 Å². The Labute approximate surface area is 85.7 Å². The highest BCUT2D eigenvalue weighted by molar-refractivity contribution is 7.15. The van der Waals surface area contributed by atoms with Gasteiger partial charge < -0.3 is 10.6 Å². The Morgan fingerprint density at radius 1 is 1.50 bits per heavy atom. The fourth-order valence-corrected chi connectivity index (χ4v) is 2.51. The highest BCUT2D eigenvalue weighted by Gasteiger charge is 2.30. The summed E-state index contributed by atoms with van der Waals surface area (Å²) in [5, 5.41) is 6.86. The van der Waals surface area contributed by atoms with E-state index >= 15 is 0 Å². The predicted octanol–water partition coefficient (Wildman–Crippen LogP) is 1.09. The summed E-state index contributed by atoms with van der Waals surface area (Å²) in [7, 11) is 0. The molecule has 1 fully saturated rings. The smallest absolute Gasteiger partial charge is 0.229 e. The lowest BCUT2D eigenvalue weighted by Gasteiger charge is -1.98. The second-order valence-corrected chi connectivity index (χ2v) is 4.84. The molecule has 4 nitrogen and oxygen atoms in total. The second-order valence-electron chi connectivity index (χ2n) is 3.76. The molecule has 0 radical (unpaired) electrons. The van der Waals surface area contributed by atoms with Gasteiger partial charge in [0, 0.05) is 23.9 Å². The molecule has 14 heavy (non-hydrogen) atoms. The molecule has 2 heterocycles. The quantitative estimate of drug-likeness (QED) is 0.766. The molecule has 1 aromatic heterocycles. The Hall–Kier alpha value is -0.940. The third-order valence-corrected chi connectivity index (χ3v) is 3.55. The standard InChI is InChI=1S/C9H11N3OS/c13-8(5-1-2-5)12-9-11-6-3-10-4-7(6)14-9/h5,10H,1-4H2,(H,11,12,13). The summed E-state index contributed by atoms with van der Waals surface area (Å²) in [5.74, 6) is 0.400. The molecule has 0 saturated heterocycles. The van der Waals surface area contributed by atoms with Crippen molar-refractivity contribution >= 4 is 22.4 Å². The van der Waals surface area contributed by atoms with Crippen LogP contribution in [0.25, 0.3) is 0 Å². The molecule has 1 aliphatic heterocycles. The van der Waals surface area contributed by atoms with Gasteiger partial charge in [-0.15, -0.1) is 11.3 Å². The summed E-state index contributed by atoms with van der Waals surface area (Å²) >= 11 is 1.59. The molecule has 3 rings (SSSR count). The zero-order valence-electron chi connectivity index (χ0n) is 7.67. The first-order chi connectivity index (χ1) is 6.83. The Morgan fingerprint density at radius 3 is 3.07 bits per heavy atom. The second kappa shape index (κ2) is 3.03. The van der Waals surface area contributed by atoms with Gasteiger partial charge in [0.15, 0.2) is 5.13 Å². The molecule has 0 unspecified atom stereocenters. The Morgan fingerprint density at radius 2 is 2.36 bits per heavy atom. The Kier molecular flexibility index (Phi) is 1.81. The van der Waals surface area contributed by atoms with E-state index in [2.05, 4.69) is 15.6 Å². The third kappa shape index (κ3) is 1.42. The normalized spacial score (nSPS) is 19.4. The predicted molar refractivity (Wildman–Crippen MR) is 54.0 cm³/mol. The number of nitrogens with one attached hydrogen (secondary N) is 2. The van der Waals surface area contributed by atoms with Gasteiger partial charge in [0.05, 0.1) is 5.69 Å². The fourth-order valence-electron chi connectivity index (χ4n) is 1.56. The molecule has 74 valence electrons. The van der Waals surface area contributed by atoms with Gasteiger partial charge in [0.2, 0.25) is 5.91 Å². The third-order valence-electron chi connectivity index (χ3n) is 2.53. The van der Waals surface area contributed by atoms with Crippen LogP contribution in [0.2, 0.25) is 0 Å². The van der Waals surface area contributed by atoms with Crippen LogP contribution in [-0.2, 0) is 17.9 Å². The average molecular weight is 209 g/mol. The van der Waals surface area contributed by atoms with Gasteiger partial charge in [-0.3, -0.25) is 4.79 Å². The van der Waals surface area contributed by atoms with E-state index in [-0.39, 0.29) is 11.8 Å². The topological polar surface area (TPSA) is 54.0 Å². The van der Waals surface area contributed by atoms with E-state index in [1.165, 1.54) is 4.88 Å². The molecule has 2 N–H and O–H groups in total. The van der Waals surface area contributed by atoms with Crippen molar-refractivity contribution in [3.8, 4) is 0 Å². The van der Waals surface area contributed by atoms with Crippen molar-refractivity contribution in [1.82, 2.24) is 10.3 Å². The summed E-state index contributed by atoms with van der Waals surface area (Å²) in [6, 6.07) is 0. The summed E-state index contributed by atoms with van der Waals surface area (Å²) in [6.07, 6.45) is 2.08. The maximum atomic E-state index is 11.4. The molecule has 5 heteroatoms. The largest absolute Gasteiger partial charge is 0.306 e. The summed E-state index contributed by atoms with van der Waals surface area (Å²) in [6.45, 7) is 1.73. The van der Waals surface area contributed by atoms with Crippen LogP contribution in [0.15, 0.2) is 0 Å². The van der Waals surface area contributed by atoms with Crippen molar-refractivity contribution in [2.75, 3.05) is 5.32 Å². The number of aromatic nitrogens is 1. The maximum absolute atomic E-state index is 11.4. The van der Waals surface area contributed by atoms with Crippen LogP contribution in [0, 0.1) is 5.92 Å². The van der Waals surface area contributed by atoms with E-state index in [0.29, 0.717) is 0 Å². The van der Waals surface area contributed by atoms with Crippen molar-refractivity contribution < 1.29 is 4.79 Å². The van der Waals surface area contributed by atoms with Gasteiger partial charge in [-0.2, -0.15) is 0 Å². The van der Waals surface area contributed by atoms with Crippen molar-refractivity contribution in [2.45, 2.75) is 25.9 Å². The Bertz CT molecular complexity index is 362. The van der Waals surface area contributed by atoms with Gasteiger partial charge in [0.1, 0.15) is 0 Å². The number of carbonyl (C=O) groups excluding carboxylic acids is 1. The number of carbonyl (C=O) groups is 1. The number of anilines is 1. The number of nitrogens with zero attached hydrogens (tertiary/aromatic N) is 1. The molecule has 1 amide bonds. The van der Waals surface area contributed by atoms with Crippen molar-refractivity contribution in [3.05, 3.63) is 10.6 Å². The fraction of sp³-hybridized carbons (Fsp3) is 0.556. The summed E-state index contributed by atoms with van der Waals surface area (Å²) < 4.78 is 0. The molecule has 0 bridgehead atoms. The van der Waals surface area contributed by atoms with Crippen LogP contribution in [0.5, 0.6) is 0 Å². The lowest BCUT2D eigenvalue weighted by Crippen LogP contribution is -2.13. The Balaban J connectivity index is 1.74. The van der Waals surface area contributed by atoms with Gasteiger partial charge in [-0.1, -0.05) is 0 Å². The van der Waals surface area contributed by atoms with E-state index in [0.717, 1.165) is 36.8 Å². The van der Waals surface area contributed by atoms with E-state index in [4.69, 9.17) is 0 Å². The summed E-state index contributed by atoms with van der Waals surface area (Å²) in [4.78, 5) is 17.1. The lowest BCUT2D eigenvalue weighted by molar-refractivity contribution is -0.117. The lowest BCUT2D eigenvalue weighted by atomic mass is 10.4. The number of hydrogen-bond donors (Lipinski definition) is 2. The van der Waals surface area contributed by atoms with E-state index in [9.17, 15) is 4.79 Å². The minimum atomic E-state index is 0.144. The molecule has 2 aliphatic rings. The molecule has 0 spiro atoms. The van der Waals surface area contributed by atoms with Gasteiger partial charge >= 0.3 is 0 Å². The first kappa shape index (κ1) is 8.38. The van der Waals surface area contributed by atoms with E-state index < -0.39 is 0 Å². The number of thiazole rings is 1. The highest BCUT2D eigenvalue weighted by atomic mass is 32.1. The SMILES string of the molecule is O=C(Nc1nc2c(s1)CNC2)C1CC1. The molecule has 1 saturated carbocycles. The molecule has 1 aromatic rings. The first-order valence-electron chi connectivity index (χ1n) is 4.83. The molecule has 0 aromatic carbocycles. The number of rotatable bonds is 2. The minimum Gasteiger partial charge on any atom is -0.306 e. The number of amides is 1. The monoisotopic (exact) mass is 209 g/mol. The first-order valence-corrected chi connectivity index (χ1v) is 5.65. The maximum Gasteiger partial charge on any atom is 0.229 e. The molecule has 0 atom stereocenters. The zero-order chi connectivity index (χ0) is 9.54. The van der Waals surface area contributed by atoms with Crippen molar-refractivity contribution in [2.24, 2.45) is 5.92 Å². The van der Waals surface area contributed by atoms with Crippen LogP contribution >= 0.6 is 11.3 Å². The number of hydrogen-bond acceptors (Lipinski definition) is 4. The van der Waals surface area contributed by atoms with Crippen molar-refractivity contribution in [3.63, 3.8) is 0 Å². The van der Waals surface area contributed by atoms with Crippen LogP contribution in [0.1, 0.15) is 23.4 Å².